The Morgan fingerprint density at radius 3 is 2.79 bits per heavy atom. The number of hydrogen-bond donors (Lipinski definition) is 2. The van der Waals surface area contributed by atoms with Crippen molar-refractivity contribution in [3.63, 3.8) is 0 Å². The molecule has 1 aromatic heterocycles. The maximum Gasteiger partial charge on any atom is 0.166 e. The first-order valence-electron chi connectivity index (χ1n) is 7.10. The third kappa shape index (κ3) is 4.21. The number of thiocarbonyl (C=S) groups is 1. The molecule has 0 spiro atoms. The minimum atomic E-state index is 0.270. The molecule has 1 aliphatic heterocycles. The van der Waals surface area contributed by atoms with Gasteiger partial charge in [0.2, 0.25) is 0 Å². The quantitative estimate of drug-likeness (QED) is 0.811. The standard InChI is InChI=1S/C14H23N3OS/c1-2-15-14(19)16-11-12(13-7-6-10-18-13)17-8-4-3-5-9-17/h6-7,10,12H,2-5,8-9,11H2,1H3,(H2,15,16,19). The van der Waals surface area contributed by atoms with Gasteiger partial charge in [0.05, 0.1) is 12.3 Å². The number of hydrogen-bond acceptors (Lipinski definition) is 3. The van der Waals surface area contributed by atoms with Crippen LogP contribution in [0, 0.1) is 0 Å². The maximum absolute atomic E-state index is 5.60. The van der Waals surface area contributed by atoms with Gasteiger partial charge >= 0.3 is 0 Å². The number of rotatable bonds is 5. The molecule has 106 valence electrons. The smallest absolute Gasteiger partial charge is 0.166 e. The predicted molar refractivity (Wildman–Crippen MR) is 81.2 cm³/mol. The molecule has 0 radical (unpaired) electrons. The molecule has 1 atom stereocenters. The van der Waals surface area contributed by atoms with Crippen LogP contribution in [-0.2, 0) is 0 Å². The van der Waals surface area contributed by atoms with Gasteiger partial charge < -0.3 is 15.1 Å². The van der Waals surface area contributed by atoms with E-state index in [9.17, 15) is 0 Å². The van der Waals surface area contributed by atoms with Crippen molar-refractivity contribution in [3.8, 4) is 0 Å². The van der Waals surface area contributed by atoms with Crippen LogP contribution in [-0.4, -0.2) is 36.2 Å². The predicted octanol–water partition coefficient (Wildman–Crippen LogP) is 2.29. The third-order valence-electron chi connectivity index (χ3n) is 3.50. The summed E-state index contributed by atoms with van der Waals surface area (Å²) in [5, 5.41) is 7.13. The van der Waals surface area contributed by atoms with E-state index in [0.29, 0.717) is 0 Å². The fourth-order valence-electron chi connectivity index (χ4n) is 2.53. The van der Waals surface area contributed by atoms with Crippen molar-refractivity contribution < 1.29 is 4.42 Å². The van der Waals surface area contributed by atoms with E-state index in [1.165, 1.54) is 19.3 Å². The molecule has 0 saturated carbocycles. The summed E-state index contributed by atoms with van der Waals surface area (Å²) in [6.07, 6.45) is 5.63. The highest BCUT2D eigenvalue weighted by Crippen LogP contribution is 2.24. The molecule has 1 aliphatic rings. The second-order valence-electron chi connectivity index (χ2n) is 4.87. The highest BCUT2D eigenvalue weighted by Gasteiger charge is 2.24. The Morgan fingerprint density at radius 2 is 2.16 bits per heavy atom. The van der Waals surface area contributed by atoms with E-state index in [1.807, 2.05) is 13.0 Å². The van der Waals surface area contributed by atoms with Crippen LogP contribution in [0.4, 0.5) is 0 Å². The van der Waals surface area contributed by atoms with E-state index >= 15 is 0 Å². The lowest BCUT2D eigenvalue weighted by Gasteiger charge is -2.33. The molecule has 1 saturated heterocycles. The SMILES string of the molecule is CCNC(=S)NCC(c1ccco1)N1CCCCC1. The molecular formula is C14H23N3OS. The maximum atomic E-state index is 5.60. The van der Waals surface area contributed by atoms with Crippen LogP contribution in [0.1, 0.15) is 38.0 Å². The molecule has 0 amide bonds. The van der Waals surface area contributed by atoms with Crippen LogP contribution in [0.3, 0.4) is 0 Å². The van der Waals surface area contributed by atoms with Gasteiger partial charge in [-0.15, -0.1) is 0 Å². The second kappa shape index (κ2) is 7.50. The summed E-state index contributed by atoms with van der Waals surface area (Å²) in [5.41, 5.74) is 0. The molecule has 0 aliphatic carbocycles. The monoisotopic (exact) mass is 281 g/mol. The Bertz CT molecular complexity index is 374. The van der Waals surface area contributed by atoms with Crippen LogP contribution in [0.5, 0.6) is 0 Å². The van der Waals surface area contributed by atoms with Gasteiger partial charge in [-0.05, 0) is 57.2 Å². The summed E-state index contributed by atoms with van der Waals surface area (Å²) in [6, 6.07) is 4.28. The van der Waals surface area contributed by atoms with Crippen LogP contribution >= 0.6 is 12.2 Å². The third-order valence-corrected chi connectivity index (χ3v) is 3.79. The lowest BCUT2D eigenvalue weighted by atomic mass is 10.1. The minimum Gasteiger partial charge on any atom is -0.468 e. The number of piperidine rings is 1. The highest BCUT2D eigenvalue weighted by atomic mass is 32.1. The zero-order valence-electron chi connectivity index (χ0n) is 11.5. The van der Waals surface area contributed by atoms with E-state index < -0.39 is 0 Å². The Morgan fingerprint density at radius 1 is 1.37 bits per heavy atom. The van der Waals surface area contributed by atoms with Crippen molar-refractivity contribution >= 4 is 17.3 Å². The fraction of sp³-hybridized carbons (Fsp3) is 0.643. The van der Waals surface area contributed by atoms with Crippen molar-refractivity contribution in [2.75, 3.05) is 26.2 Å². The van der Waals surface area contributed by atoms with Crippen LogP contribution in [0.2, 0.25) is 0 Å². The average Bonchev–Trinajstić information content (AvgIpc) is 2.94. The van der Waals surface area contributed by atoms with Gasteiger partial charge in [0.25, 0.3) is 0 Å². The van der Waals surface area contributed by atoms with Gasteiger partial charge in [0.1, 0.15) is 5.76 Å². The van der Waals surface area contributed by atoms with Gasteiger partial charge in [-0.3, -0.25) is 4.90 Å². The van der Waals surface area contributed by atoms with Gasteiger partial charge in [0, 0.05) is 13.1 Å². The van der Waals surface area contributed by atoms with Crippen molar-refractivity contribution in [1.29, 1.82) is 0 Å². The summed E-state index contributed by atoms with van der Waals surface area (Å²) in [6.45, 7) is 5.96. The molecule has 1 aromatic rings. The number of nitrogens with one attached hydrogen (secondary N) is 2. The normalized spacial score (nSPS) is 17.9. The van der Waals surface area contributed by atoms with Crippen molar-refractivity contribution in [2.24, 2.45) is 0 Å². The molecule has 2 N–H and O–H groups in total. The summed E-state index contributed by atoms with van der Waals surface area (Å²) in [5.74, 6) is 1.02. The molecular weight excluding hydrogens is 258 g/mol. The van der Waals surface area contributed by atoms with E-state index in [0.717, 1.165) is 37.1 Å². The largest absolute Gasteiger partial charge is 0.468 e. The summed E-state index contributed by atoms with van der Waals surface area (Å²) < 4.78 is 5.60. The molecule has 1 fully saturated rings. The van der Waals surface area contributed by atoms with Gasteiger partial charge in [-0.2, -0.15) is 0 Å². The number of nitrogens with zero attached hydrogens (tertiary/aromatic N) is 1. The Kier molecular flexibility index (Phi) is 5.66. The van der Waals surface area contributed by atoms with Crippen molar-refractivity contribution in [3.05, 3.63) is 24.2 Å². The topological polar surface area (TPSA) is 40.4 Å². The molecule has 0 aromatic carbocycles. The molecule has 1 unspecified atom stereocenters. The zero-order chi connectivity index (χ0) is 13.5. The molecule has 5 heteroatoms. The molecule has 2 rings (SSSR count). The fourth-order valence-corrected chi connectivity index (χ4v) is 2.76. The molecule has 4 nitrogen and oxygen atoms in total. The number of furan rings is 1. The number of likely N-dealkylation sites (tertiary alicyclic amines) is 1. The lowest BCUT2D eigenvalue weighted by molar-refractivity contribution is 0.146. The average molecular weight is 281 g/mol. The van der Waals surface area contributed by atoms with Gasteiger partial charge in [-0.25, -0.2) is 0 Å². The van der Waals surface area contributed by atoms with E-state index in [1.54, 1.807) is 6.26 Å². The Labute approximate surface area is 120 Å². The first-order valence-corrected chi connectivity index (χ1v) is 7.51. The minimum absolute atomic E-state index is 0.270. The van der Waals surface area contributed by atoms with Crippen molar-refractivity contribution in [1.82, 2.24) is 15.5 Å². The molecule has 2 heterocycles. The zero-order valence-corrected chi connectivity index (χ0v) is 12.3. The van der Waals surface area contributed by atoms with Crippen LogP contribution < -0.4 is 10.6 Å². The Balaban J connectivity index is 1.96. The van der Waals surface area contributed by atoms with E-state index in [2.05, 4.69) is 21.6 Å². The Hall–Kier alpha value is -1.07. The first kappa shape index (κ1) is 14.3. The summed E-state index contributed by atoms with van der Waals surface area (Å²) >= 11 is 5.23. The second-order valence-corrected chi connectivity index (χ2v) is 5.28. The van der Waals surface area contributed by atoms with E-state index in [-0.39, 0.29) is 6.04 Å². The summed E-state index contributed by atoms with van der Waals surface area (Å²) in [7, 11) is 0. The first-order chi connectivity index (χ1) is 9.31. The van der Waals surface area contributed by atoms with Gasteiger partial charge in [-0.1, -0.05) is 6.42 Å². The molecule has 19 heavy (non-hydrogen) atoms. The highest BCUT2D eigenvalue weighted by molar-refractivity contribution is 7.80. The molecule has 0 bridgehead atoms. The van der Waals surface area contributed by atoms with Crippen LogP contribution in [0.25, 0.3) is 0 Å². The van der Waals surface area contributed by atoms with E-state index in [4.69, 9.17) is 16.6 Å². The summed E-state index contributed by atoms with van der Waals surface area (Å²) in [4.78, 5) is 2.49. The van der Waals surface area contributed by atoms with Crippen molar-refractivity contribution in [2.45, 2.75) is 32.2 Å². The van der Waals surface area contributed by atoms with Gasteiger partial charge in [0.15, 0.2) is 5.11 Å². The van der Waals surface area contributed by atoms with Crippen LogP contribution in [0.15, 0.2) is 22.8 Å². The lowest BCUT2D eigenvalue weighted by Crippen LogP contribution is -2.43.